The number of nitrogens with zero attached hydrogens (tertiary/aromatic N) is 1. The summed E-state index contributed by atoms with van der Waals surface area (Å²) in [5.74, 6) is -3.74. The number of methoxy groups -OCH3 is 1. The number of aliphatic hydroxyl groups is 3. The van der Waals surface area contributed by atoms with Crippen LogP contribution in [0.25, 0.3) is 0 Å². The van der Waals surface area contributed by atoms with E-state index in [1.54, 1.807) is 34.6 Å². The number of epoxide rings is 1. The van der Waals surface area contributed by atoms with Crippen molar-refractivity contribution in [2.45, 2.75) is 154 Å². The number of ketones is 1. The van der Waals surface area contributed by atoms with E-state index in [0.29, 0.717) is 6.42 Å². The second-order valence-electron chi connectivity index (χ2n) is 15.3. The van der Waals surface area contributed by atoms with Gasteiger partial charge in [0.15, 0.2) is 24.0 Å². The van der Waals surface area contributed by atoms with Gasteiger partial charge in [-0.3, -0.25) is 9.59 Å². The molecular weight excluding hydrogens is 626 g/mol. The van der Waals surface area contributed by atoms with Gasteiger partial charge in [0, 0.05) is 37.3 Å². The normalized spacial score (nSPS) is 49.9. The summed E-state index contributed by atoms with van der Waals surface area (Å²) in [5.41, 5.74) is -1.10. The molecule has 0 aromatic carbocycles. The molecule has 48 heavy (non-hydrogen) atoms. The fraction of sp³-hybridized carbons (Fsp3) is 0.943. The molecule has 13 heteroatoms. The summed E-state index contributed by atoms with van der Waals surface area (Å²) in [7, 11) is 5.32. The Morgan fingerprint density at radius 2 is 1.44 bits per heavy atom. The highest BCUT2D eigenvalue weighted by molar-refractivity contribution is 5.92. The van der Waals surface area contributed by atoms with Gasteiger partial charge in [0.25, 0.3) is 0 Å². The molecule has 4 fully saturated rings. The molecule has 18 atom stereocenters. The molecule has 0 aromatic heterocycles. The minimum absolute atomic E-state index is 0.198. The summed E-state index contributed by atoms with van der Waals surface area (Å²) >= 11 is 0. The molecule has 4 rings (SSSR count). The fourth-order valence-corrected chi connectivity index (χ4v) is 7.89. The van der Waals surface area contributed by atoms with E-state index in [9.17, 15) is 24.9 Å². The molecule has 13 nitrogen and oxygen atoms in total. The summed E-state index contributed by atoms with van der Waals surface area (Å²) in [6, 6.07) is -0.219. The van der Waals surface area contributed by atoms with Crippen LogP contribution in [0.15, 0.2) is 0 Å². The van der Waals surface area contributed by atoms with Crippen LogP contribution in [-0.2, 0) is 42.7 Å². The highest BCUT2D eigenvalue weighted by atomic mass is 16.7. The Balaban J connectivity index is 1.75. The minimum atomic E-state index is -1.10. The second-order valence-corrected chi connectivity index (χ2v) is 15.3. The van der Waals surface area contributed by atoms with Gasteiger partial charge in [0.1, 0.15) is 18.3 Å². The maximum Gasteiger partial charge on any atom is 0.311 e. The van der Waals surface area contributed by atoms with Crippen LogP contribution < -0.4 is 0 Å². The van der Waals surface area contributed by atoms with Crippen molar-refractivity contribution in [1.29, 1.82) is 0 Å². The summed E-state index contributed by atoms with van der Waals surface area (Å²) in [4.78, 5) is 29.7. The first-order valence-electron chi connectivity index (χ1n) is 17.7. The number of hydrogen-bond acceptors (Lipinski definition) is 13. The molecule has 0 amide bonds. The van der Waals surface area contributed by atoms with Crippen molar-refractivity contribution in [3.05, 3.63) is 0 Å². The molecule has 4 aliphatic rings. The number of likely N-dealkylation sites (N-methyl/N-ethyl adjacent to an activating group) is 1. The zero-order chi connectivity index (χ0) is 35.8. The summed E-state index contributed by atoms with van der Waals surface area (Å²) in [6.45, 7) is 14.6. The van der Waals surface area contributed by atoms with E-state index >= 15 is 0 Å². The smallest absolute Gasteiger partial charge is 0.311 e. The summed E-state index contributed by atoms with van der Waals surface area (Å²) in [6.07, 6.45) is -7.15. The van der Waals surface area contributed by atoms with Gasteiger partial charge in [-0.05, 0) is 60.5 Å². The maximum absolute atomic E-state index is 13.9. The quantitative estimate of drug-likeness (QED) is 0.274. The zero-order valence-corrected chi connectivity index (χ0v) is 30.6. The Labute approximate surface area is 285 Å². The Kier molecular flexibility index (Phi) is 13.1. The first-order valence-corrected chi connectivity index (χ1v) is 17.7. The van der Waals surface area contributed by atoms with Crippen molar-refractivity contribution in [3.63, 3.8) is 0 Å². The number of ether oxygens (including phenoxy) is 7. The van der Waals surface area contributed by atoms with Crippen LogP contribution in [0.4, 0.5) is 0 Å². The van der Waals surface area contributed by atoms with Gasteiger partial charge in [-0.25, -0.2) is 0 Å². The number of rotatable bonds is 6. The van der Waals surface area contributed by atoms with Gasteiger partial charge in [-0.15, -0.1) is 0 Å². The molecule has 0 aliphatic carbocycles. The van der Waals surface area contributed by atoms with E-state index in [2.05, 4.69) is 0 Å². The first-order chi connectivity index (χ1) is 22.4. The average Bonchev–Trinajstić information content (AvgIpc) is 3.82. The molecule has 0 saturated carbocycles. The topological polar surface area (TPSA) is 166 Å². The monoisotopic (exact) mass is 687 g/mol. The van der Waals surface area contributed by atoms with Gasteiger partial charge in [0.05, 0.1) is 49.1 Å². The van der Waals surface area contributed by atoms with Crippen LogP contribution in [0.2, 0.25) is 0 Å². The van der Waals surface area contributed by atoms with Gasteiger partial charge in [-0.2, -0.15) is 0 Å². The molecule has 0 aromatic rings. The third-order valence-corrected chi connectivity index (χ3v) is 11.4. The van der Waals surface area contributed by atoms with Crippen LogP contribution >= 0.6 is 0 Å². The van der Waals surface area contributed by atoms with E-state index in [1.807, 2.05) is 39.8 Å². The fourth-order valence-electron chi connectivity index (χ4n) is 7.89. The largest absolute Gasteiger partial charge is 0.462 e. The number of cyclic esters (lactones) is 1. The molecule has 4 heterocycles. The lowest BCUT2D eigenvalue weighted by Crippen LogP contribution is -2.57. The van der Waals surface area contributed by atoms with Gasteiger partial charge in [0.2, 0.25) is 0 Å². The molecule has 4 aliphatic heterocycles. The second kappa shape index (κ2) is 16.0. The van der Waals surface area contributed by atoms with Gasteiger partial charge in [-0.1, -0.05) is 27.7 Å². The number of hydrogen-bond donors (Lipinski definition) is 3. The average molecular weight is 688 g/mol. The zero-order valence-electron chi connectivity index (χ0n) is 30.6. The molecule has 4 saturated heterocycles. The van der Waals surface area contributed by atoms with Crippen LogP contribution in [-0.4, -0.2) is 139 Å². The third kappa shape index (κ3) is 8.43. The van der Waals surface area contributed by atoms with Gasteiger partial charge < -0.3 is 53.4 Å². The molecule has 278 valence electrons. The Morgan fingerprint density at radius 3 is 2.02 bits per heavy atom. The van der Waals surface area contributed by atoms with Crippen LogP contribution in [0, 0.1) is 29.6 Å². The summed E-state index contributed by atoms with van der Waals surface area (Å²) < 4.78 is 43.0. The first kappa shape index (κ1) is 39.5. The van der Waals surface area contributed by atoms with E-state index in [1.165, 1.54) is 7.11 Å². The van der Waals surface area contributed by atoms with Crippen molar-refractivity contribution in [2.75, 3.05) is 27.8 Å². The SMILES string of the molecule is CO[C@@H]1C[C@H](O[C@H]2[C@H](C)[C@@H](O[C@@H]3O[C@H](C)C[C@H](N(C)C)[C@@H]3O)[C@@H](C)C[C@]3(CO3)C(=O)[C@H](C)[C@@H](O)[C@@H](C)[C@@H](C)OC(=O)[C@@H]2C)O[C@@H](C)[C@H]1O. The van der Waals surface area contributed by atoms with Crippen molar-refractivity contribution in [2.24, 2.45) is 29.6 Å². The number of carbonyl (C=O) groups is 2. The molecule has 0 bridgehead atoms. The predicted molar refractivity (Wildman–Crippen MR) is 174 cm³/mol. The van der Waals surface area contributed by atoms with Crippen LogP contribution in [0.5, 0.6) is 0 Å². The van der Waals surface area contributed by atoms with E-state index in [4.69, 9.17) is 33.2 Å². The Hall–Kier alpha value is -1.26. The van der Waals surface area contributed by atoms with E-state index in [-0.39, 0.29) is 43.3 Å². The van der Waals surface area contributed by atoms with Crippen molar-refractivity contribution < 1.29 is 58.1 Å². The standard InChI is InChI=1S/C35H61NO12/c1-16-14-35(15-43-35)32(40)19(4)27(37)18(3)22(7)46-33(41)21(6)31(47-26-13-25(42-11)28(38)23(8)45-26)20(5)30(16)48-34-29(39)24(36(9)10)12-17(2)44-34/h16-31,34,37-39H,12-15H2,1-11H3/t16-,17+,18-,19+,20+,21+,22+,23-,24-,25+,26-,27-,28+,29-,30-,31-,34-,35-/m0/s1. The lowest BCUT2D eigenvalue weighted by atomic mass is 9.76. The number of carbonyl (C=O) groups excluding carboxylic acids is 2. The van der Waals surface area contributed by atoms with E-state index < -0.39 is 96.7 Å². The summed E-state index contributed by atoms with van der Waals surface area (Å²) in [5, 5.41) is 33.3. The Morgan fingerprint density at radius 1 is 0.792 bits per heavy atom. The predicted octanol–water partition coefficient (Wildman–Crippen LogP) is 1.91. The molecule has 1 spiro atoms. The van der Waals surface area contributed by atoms with Crippen LogP contribution in [0.3, 0.4) is 0 Å². The van der Waals surface area contributed by atoms with Crippen LogP contribution in [0.1, 0.15) is 74.7 Å². The van der Waals surface area contributed by atoms with Crippen molar-refractivity contribution in [1.82, 2.24) is 4.90 Å². The third-order valence-electron chi connectivity index (χ3n) is 11.4. The number of aliphatic hydroxyl groups excluding tert-OH is 3. The van der Waals surface area contributed by atoms with E-state index in [0.717, 1.165) is 0 Å². The number of Topliss-reactive ketones (excluding diaryl/α,β-unsaturated/α-hetero) is 1. The maximum atomic E-state index is 13.9. The molecular formula is C35H61NO12. The number of esters is 1. The highest BCUT2D eigenvalue weighted by Crippen LogP contribution is 2.43. The highest BCUT2D eigenvalue weighted by Gasteiger charge is 2.57. The molecule has 0 radical (unpaired) electrons. The molecule has 3 N–H and O–H groups in total. The Bertz CT molecular complexity index is 1090. The molecule has 0 unspecified atom stereocenters. The van der Waals surface area contributed by atoms with Gasteiger partial charge >= 0.3 is 5.97 Å². The van der Waals surface area contributed by atoms with Crippen molar-refractivity contribution in [3.8, 4) is 0 Å². The minimum Gasteiger partial charge on any atom is -0.462 e. The lowest BCUT2D eigenvalue weighted by Gasteiger charge is -2.46. The van der Waals surface area contributed by atoms with Crippen molar-refractivity contribution >= 4 is 11.8 Å². The lowest BCUT2D eigenvalue weighted by molar-refractivity contribution is -0.299.